The van der Waals surface area contributed by atoms with Gasteiger partial charge >= 0.3 is 0 Å². The molecule has 0 aliphatic heterocycles. The van der Waals surface area contributed by atoms with E-state index in [1.807, 2.05) is 0 Å². The zero-order chi connectivity index (χ0) is 29.6. The normalized spacial score (nSPS) is 17.8. The number of ether oxygens (including phenoxy) is 2. The van der Waals surface area contributed by atoms with Crippen molar-refractivity contribution in [2.75, 3.05) is 13.2 Å². The van der Waals surface area contributed by atoms with Gasteiger partial charge in [-0.2, -0.15) is 0 Å². The standard InChI is InChI=1S/C38H48Br2O2/c1-5-9-13-25(7-3)23-41-31-19-20-32(42-24-26(8-4)14-10-6-2)38-36-30-16-12-11-15-29(30)35(37(31)38)33-27(21-39)17-18-28(22-40)34(33)36/h11-12,15-20,25-26,35-36H,5-10,13-14,21-24H2,1-4H3/t25?,26?,35-,36?/m1/s1. The Hall–Kier alpha value is -1.78. The van der Waals surface area contributed by atoms with Crippen molar-refractivity contribution in [2.45, 2.75) is 102 Å². The maximum absolute atomic E-state index is 6.85. The predicted molar refractivity (Wildman–Crippen MR) is 184 cm³/mol. The van der Waals surface area contributed by atoms with Crippen molar-refractivity contribution in [3.05, 3.63) is 93.0 Å². The molecule has 3 aliphatic carbocycles. The van der Waals surface area contributed by atoms with E-state index in [2.05, 4.69) is 108 Å². The molecule has 3 aliphatic rings. The number of halogens is 2. The second kappa shape index (κ2) is 14.8. The Morgan fingerprint density at radius 3 is 1.38 bits per heavy atom. The molecule has 0 saturated heterocycles. The Balaban J connectivity index is 1.65. The summed E-state index contributed by atoms with van der Waals surface area (Å²) in [5.74, 6) is 3.53. The van der Waals surface area contributed by atoms with E-state index in [1.165, 1.54) is 83.0 Å². The van der Waals surface area contributed by atoms with Gasteiger partial charge in [0.05, 0.1) is 13.2 Å². The lowest BCUT2D eigenvalue weighted by Gasteiger charge is -2.45. The third-order valence-corrected chi connectivity index (χ3v) is 11.0. The molecule has 2 bridgehead atoms. The summed E-state index contributed by atoms with van der Waals surface area (Å²) in [6, 6.07) is 18.2. The first kappa shape index (κ1) is 31.6. The van der Waals surface area contributed by atoms with Crippen LogP contribution in [-0.4, -0.2) is 13.2 Å². The molecule has 42 heavy (non-hydrogen) atoms. The molecule has 0 radical (unpaired) electrons. The fourth-order valence-corrected chi connectivity index (χ4v) is 8.22. The predicted octanol–water partition coefficient (Wildman–Crippen LogP) is 11.7. The van der Waals surface area contributed by atoms with Gasteiger partial charge in [-0.1, -0.05) is 134 Å². The second-order valence-electron chi connectivity index (χ2n) is 12.3. The average molecular weight is 697 g/mol. The molecule has 6 rings (SSSR count). The third-order valence-electron chi connectivity index (χ3n) is 9.77. The molecule has 0 spiro atoms. The summed E-state index contributed by atoms with van der Waals surface area (Å²) < 4.78 is 13.7. The highest BCUT2D eigenvalue weighted by Crippen LogP contribution is 2.61. The van der Waals surface area contributed by atoms with Gasteiger partial charge in [-0.05, 0) is 70.2 Å². The largest absolute Gasteiger partial charge is 0.493 e. The van der Waals surface area contributed by atoms with Crippen LogP contribution < -0.4 is 9.47 Å². The number of alkyl halides is 2. The molecule has 3 aromatic rings. The quantitative estimate of drug-likeness (QED) is 0.0957. The highest BCUT2D eigenvalue weighted by Gasteiger charge is 2.46. The molecule has 0 saturated carbocycles. The summed E-state index contributed by atoms with van der Waals surface area (Å²) in [4.78, 5) is 0. The van der Waals surface area contributed by atoms with Crippen LogP contribution in [-0.2, 0) is 10.7 Å². The number of benzene rings is 3. The van der Waals surface area contributed by atoms with Gasteiger partial charge in [-0.3, -0.25) is 0 Å². The molecule has 0 aromatic heterocycles. The summed E-state index contributed by atoms with van der Waals surface area (Å²) in [5, 5.41) is 1.69. The van der Waals surface area contributed by atoms with Crippen LogP contribution in [0.4, 0.5) is 0 Å². The molecule has 4 heteroatoms. The molecule has 226 valence electrons. The minimum absolute atomic E-state index is 0.138. The summed E-state index contributed by atoms with van der Waals surface area (Å²) in [6.45, 7) is 10.7. The van der Waals surface area contributed by atoms with Gasteiger partial charge in [0.25, 0.3) is 0 Å². The van der Waals surface area contributed by atoms with Crippen molar-refractivity contribution in [2.24, 2.45) is 11.8 Å². The van der Waals surface area contributed by atoms with Crippen molar-refractivity contribution in [3.63, 3.8) is 0 Å². The van der Waals surface area contributed by atoms with Gasteiger partial charge in [-0.15, -0.1) is 0 Å². The Kier molecular flexibility index (Phi) is 11.1. The van der Waals surface area contributed by atoms with E-state index in [0.29, 0.717) is 11.8 Å². The van der Waals surface area contributed by atoms with Crippen molar-refractivity contribution < 1.29 is 9.47 Å². The zero-order valence-corrected chi connectivity index (χ0v) is 29.2. The lowest BCUT2D eigenvalue weighted by molar-refractivity contribution is 0.223. The molecule has 3 unspecified atom stereocenters. The van der Waals surface area contributed by atoms with Gasteiger partial charge in [0.2, 0.25) is 0 Å². The minimum Gasteiger partial charge on any atom is -0.493 e. The second-order valence-corrected chi connectivity index (χ2v) is 13.4. The van der Waals surface area contributed by atoms with Crippen LogP contribution in [0.1, 0.15) is 135 Å². The van der Waals surface area contributed by atoms with Gasteiger partial charge < -0.3 is 9.47 Å². The first-order valence-electron chi connectivity index (χ1n) is 16.4. The van der Waals surface area contributed by atoms with Gasteiger partial charge in [0.15, 0.2) is 0 Å². The number of hydrogen-bond donors (Lipinski definition) is 0. The summed E-state index contributed by atoms with van der Waals surface area (Å²) in [7, 11) is 0. The minimum atomic E-state index is 0.138. The average Bonchev–Trinajstić information content (AvgIpc) is 3.04. The fraction of sp³-hybridized carbons (Fsp3) is 0.526. The van der Waals surface area contributed by atoms with Crippen molar-refractivity contribution in [1.82, 2.24) is 0 Å². The Morgan fingerprint density at radius 2 is 1.02 bits per heavy atom. The van der Waals surface area contributed by atoms with Crippen molar-refractivity contribution >= 4 is 31.9 Å². The maximum Gasteiger partial charge on any atom is 0.124 e. The van der Waals surface area contributed by atoms with Crippen LogP contribution in [0.25, 0.3) is 0 Å². The highest BCUT2D eigenvalue weighted by molar-refractivity contribution is 9.08. The summed E-state index contributed by atoms with van der Waals surface area (Å²) >= 11 is 7.70. The van der Waals surface area contributed by atoms with Crippen molar-refractivity contribution in [3.8, 4) is 11.5 Å². The Labute approximate surface area is 271 Å². The van der Waals surface area contributed by atoms with Crippen molar-refractivity contribution in [1.29, 1.82) is 0 Å². The van der Waals surface area contributed by atoms with E-state index in [-0.39, 0.29) is 11.8 Å². The number of rotatable bonds is 16. The molecule has 2 nitrogen and oxygen atoms in total. The lowest BCUT2D eigenvalue weighted by Crippen LogP contribution is -2.31. The summed E-state index contributed by atoms with van der Waals surface area (Å²) in [6.07, 6.45) is 9.75. The third kappa shape index (κ3) is 6.09. The van der Waals surface area contributed by atoms with Crippen LogP contribution in [0.2, 0.25) is 0 Å². The first-order valence-corrected chi connectivity index (χ1v) is 18.6. The molecular weight excluding hydrogens is 648 g/mol. The lowest BCUT2D eigenvalue weighted by atomic mass is 9.59. The van der Waals surface area contributed by atoms with E-state index in [4.69, 9.17) is 9.47 Å². The Morgan fingerprint density at radius 1 is 0.595 bits per heavy atom. The van der Waals surface area contributed by atoms with Gasteiger partial charge in [0, 0.05) is 33.6 Å². The zero-order valence-electron chi connectivity index (χ0n) is 26.0. The van der Waals surface area contributed by atoms with E-state index in [1.54, 1.807) is 0 Å². The van der Waals surface area contributed by atoms with E-state index in [0.717, 1.165) is 48.2 Å². The fourth-order valence-electron chi connectivity index (χ4n) is 7.24. The molecule has 0 N–H and O–H groups in total. The van der Waals surface area contributed by atoms with E-state index >= 15 is 0 Å². The Bertz CT molecular complexity index is 1250. The highest BCUT2D eigenvalue weighted by atomic mass is 79.9. The SMILES string of the molecule is CCCCC(CC)COc1ccc(OCC(CC)CCCC)c2c1C1c3ccccc3[C@@H]2c2c(CBr)ccc(CBr)c21. The molecule has 3 aromatic carbocycles. The van der Waals surface area contributed by atoms with Crippen LogP contribution >= 0.6 is 31.9 Å². The van der Waals surface area contributed by atoms with E-state index in [9.17, 15) is 0 Å². The molecule has 0 heterocycles. The molecule has 0 fully saturated rings. The summed E-state index contributed by atoms with van der Waals surface area (Å²) in [5.41, 5.74) is 11.2. The number of unbranched alkanes of at least 4 members (excludes halogenated alkanes) is 2. The topological polar surface area (TPSA) is 18.5 Å². The van der Waals surface area contributed by atoms with Gasteiger partial charge in [0.1, 0.15) is 11.5 Å². The van der Waals surface area contributed by atoms with E-state index < -0.39 is 0 Å². The molecular formula is C38H48Br2O2. The molecule has 4 atom stereocenters. The smallest absolute Gasteiger partial charge is 0.124 e. The molecule has 0 amide bonds. The van der Waals surface area contributed by atoms with Crippen LogP contribution in [0.3, 0.4) is 0 Å². The first-order chi connectivity index (χ1) is 20.6. The van der Waals surface area contributed by atoms with Crippen LogP contribution in [0.5, 0.6) is 11.5 Å². The number of hydrogen-bond acceptors (Lipinski definition) is 2. The van der Waals surface area contributed by atoms with Gasteiger partial charge in [-0.25, -0.2) is 0 Å². The monoisotopic (exact) mass is 694 g/mol. The maximum atomic E-state index is 6.85. The van der Waals surface area contributed by atoms with Crippen LogP contribution in [0, 0.1) is 11.8 Å². The van der Waals surface area contributed by atoms with Crippen LogP contribution in [0.15, 0.2) is 48.5 Å².